The van der Waals surface area contributed by atoms with Crippen molar-refractivity contribution in [2.24, 2.45) is 0 Å². The first-order valence-electron chi connectivity index (χ1n) is 7.98. The van der Waals surface area contributed by atoms with E-state index in [1.807, 2.05) is 0 Å². The number of carboxylic acid groups (broad SMARTS) is 1. The third-order valence-electron chi connectivity index (χ3n) is 3.67. The molecule has 1 aromatic heterocycles. The van der Waals surface area contributed by atoms with E-state index in [0.717, 1.165) is 17.8 Å². The van der Waals surface area contributed by atoms with Crippen molar-refractivity contribution in [3.63, 3.8) is 0 Å². The molecule has 0 atom stereocenters. The summed E-state index contributed by atoms with van der Waals surface area (Å²) in [4.78, 5) is 48.0. The van der Waals surface area contributed by atoms with Crippen LogP contribution in [0.2, 0.25) is 0 Å². The van der Waals surface area contributed by atoms with Gasteiger partial charge in [0.05, 0.1) is 4.91 Å². The number of Topliss-reactive ketones (excluding diaryl/α,β-unsaturated/α-hetero) is 1. The molecule has 1 amide bonds. The minimum atomic E-state index is -0.934. The maximum absolute atomic E-state index is 12.7. The fourth-order valence-corrected chi connectivity index (χ4v) is 3.35. The number of fused-ring (bicyclic) bond motifs is 1. The van der Waals surface area contributed by atoms with Crippen molar-refractivity contribution in [3.8, 4) is 0 Å². The van der Waals surface area contributed by atoms with E-state index in [1.165, 1.54) is 0 Å². The molecule has 1 aliphatic rings. The number of anilines is 1. The van der Waals surface area contributed by atoms with E-state index in [1.54, 1.807) is 30.3 Å². The molecule has 0 spiro atoms. The van der Waals surface area contributed by atoms with E-state index in [9.17, 15) is 19.2 Å². The molecule has 9 heteroatoms. The summed E-state index contributed by atoms with van der Waals surface area (Å²) >= 11 is 1.07. The van der Waals surface area contributed by atoms with Gasteiger partial charge in [-0.15, -0.1) is 11.8 Å². The lowest BCUT2D eigenvalue weighted by atomic mass is 9.99. The number of rotatable bonds is 7. The molecule has 0 saturated heterocycles. The lowest BCUT2D eigenvalue weighted by molar-refractivity contribution is -0.137. The number of benzene rings is 1. The second-order valence-electron chi connectivity index (χ2n) is 5.60. The van der Waals surface area contributed by atoms with Crippen LogP contribution in [-0.2, 0) is 4.79 Å². The third kappa shape index (κ3) is 4.14. The number of aromatic nitrogens is 1. The number of hydrogen-bond donors (Lipinski definition) is 2. The number of hydrogen-bond acceptors (Lipinski definition) is 7. The number of nitrogens with one attached hydrogen (secondary N) is 1. The van der Waals surface area contributed by atoms with Crippen LogP contribution < -0.4 is 5.32 Å². The largest absolute Gasteiger partial charge is 0.481 e. The Morgan fingerprint density at radius 3 is 2.63 bits per heavy atom. The molecule has 1 aliphatic carbocycles. The number of thioether (sulfide) groups is 1. The second kappa shape index (κ2) is 8.00. The van der Waals surface area contributed by atoms with Crippen LogP contribution in [0.25, 0.3) is 0 Å². The second-order valence-corrected chi connectivity index (χ2v) is 6.74. The van der Waals surface area contributed by atoms with E-state index >= 15 is 0 Å². The number of nitrogens with zero attached hydrogens (tertiary/aromatic N) is 1. The molecule has 0 unspecified atom stereocenters. The standard InChI is InChI=1S/C18H14N2O6S/c21-11-9-12(27-8-4-7-13(22)23)16(24)14-15(20-26-17(11)14)18(25)19-10-5-2-1-3-6-10/h1-3,5-6,9H,4,7-8H2,(H,19,25)(H,22,23). The Morgan fingerprint density at radius 1 is 1.19 bits per heavy atom. The van der Waals surface area contributed by atoms with E-state index in [-0.39, 0.29) is 28.3 Å². The predicted octanol–water partition coefficient (Wildman–Crippen LogP) is 2.79. The Labute approximate surface area is 157 Å². The first-order chi connectivity index (χ1) is 13.0. The Bertz CT molecular complexity index is 948. The number of carbonyl (C=O) groups excluding carboxylic acids is 3. The normalized spacial score (nSPS) is 13.1. The third-order valence-corrected chi connectivity index (χ3v) is 4.78. The molecule has 3 rings (SSSR count). The van der Waals surface area contributed by atoms with Crippen molar-refractivity contribution in [2.75, 3.05) is 11.1 Å². The van der Waals surface area contributed by atoms with Crippen LogP contribution in [0.15, 0.2) is 45.8 Å². The van der Waals surface area contributed by atoms with Crippen LogP contribution in [0.5, 0.6) is 0 Å². The SMILES string of the molecule is O=C(O)CCCSC1=CC(=O)c2onc(C(=O)Nc3ccccc3)c2C1=O. The van der Waals surface area contributed by atoms with Crippen molar-refractivity contribution < 1.29 is 28.8 Å². The van der Waals surface area contributed by atoms with Crippen LogP contribution >= 0.6 is 11.8 Å². The van der Waals surface area contributed by atoms with Crippen LogP contribution in [0.1, 0.15) is 44.2 Å². The summed E-state index contributed by atoms with van der Waals surface area (Å²) in [6, 6.07) is 8.59. The Morgan fingerprint density at radius 2 is 1.93 bits per heavy atom. The maximum Gasteiger partial charge on any atom is 0.303 e. The van der Waals surface area contributed by atoms with E-state index in [4.69, 9.17) is 9.63 Å². The molecule has 0 radical (unpaired) electrons. The average molecular weight is 386 g/mol. The number of para-hydroxylation sites is 1. The highest BCUT2D eigenvalue weighted by Gasteiger charge is 2.36. The van der Waals surface area contributed by atoms with Gasteiger partial charge in [-0.05, 0) is 24.3 Å². The molecule has 1 heterocycles. The van der Waals surface area contributed by atoms with E-state index < -0.39 is 23.4 Å². The van der Waals surface area contributed by atoms with E-state index in [2.05, 4.69) is 10.5 Å². The molecule has 8 nitrogen and oxygen atoms in total. The fraction of sp³-hybridized carbons (Fsp3) is 0.167. The topological polar surface area (TPSA) is 127 Å². The van der Waals surface area contributed by atoms with Crippen molar-refractivity contribution in [1.29, 1.82) is 0 Å². The monoisotopic (exact) mass is 386 g/mol. The number of ketones is 2. The van der Waals surface area contributed by atoms with Crippen LogP contribution in [0, 0.1) is 0 Å². The molecule has 27 heavy (non-hydrogen) atoms. The van der Waals surface area contributed by atoms with Gasteiger partial charge in [-0.25, -0.2) is 0 Å². The first kappa shape index (κ1) is 18.6. The molecular weight excluding hydrogens is 372 g/mol. The van der Waals surface area contributed by atoms with Gasteiger partial charge < -0.3 is 14.9 Å². The summed E-state index contributed by atoms with van der Waals surface area (Å²) in [5.74, 6) is -2.61. The van der Waals surface area contributed by atoms with Gasteiger partial charge in [0, 0.05) is 18.2 Å². The predicted molar refractivity (Wildman–Crippen MR) is 97.0 cm³/mol. The zero-order chi connectivity index (χ0) is 19.4. The van der Waals surface area contributed by atoms with Gasteiger partial charge in [0.1, 0.15) is 5.56 Å². The summed E-state index contributed by atoms with van der Waals surface area (Å²) in [7, 11) is 0. The van der Waals surface area contributed by atoms with Gasteiger partial charge in [-0.2, -0.15) is 0 Å². The fourth-order valence-electron chi connectivity index (χ4n) is 2.42. The number of aliphatic carboxylic acids is 1. The van der Waals surface area contributed by atoms with Crippen molar-refractivity contribution in [2.45, 2.75) is 12.8 Å². The summed E-state index contributed by atoms with van der Waals surface area (Å²) in [5.41, 5.74) is 0.0771. The van der Waals surface area contributed by atoms with Gasteiger partial charge in [-0.1, -0.05) is 23.4 Å². The summed E-state index contributed by atoms with van der Waals surface area (Å²) in [5, 5.41) is 14.8. The molecule has 0 saturated carbocycles. The maximum atomic E-state index is 12.7. The summed E-state index contributed by atoms with van der Waals surface area (Å²) in [6.07, 6.45) is 1.43. The molecule has 0 bridgehead atoms. The lowest BCUT2D eigenvalue weighted by Gasteiger charge is -2.10. The van der Waals surface area contributed by atoms with Crippen LogP contribution in [-0.4, -0.2) is 39.5 Å². The summed E-state index contributed by atoms with van der Waals surface area (Å²) < 4.78 is 4.92. The van der Waals surface area contributed by atoms with Crippen molar-refractivity contribution >= 4 is 40.9 Å². The van der Waals surface area contributed by atoms with Gasteiger partial charge in [0.15, 0.2) is 5.69 Å². The highest BCUT2D eigenvalue weighted by molar-refractivity contribution is 8.04. The minimum Gasteiger partial charge on any atom is -0.481 e. The number of carboxylic acids is 1. The number of amides is 1. The smallest absolute Gasteiger partial charge is 0.303 e. The van der Waals surface area contributed by atoms with Gasteiger partial charge in [0.25, 0.3) is 5.91 Å². The molecule has 2 N–H and O–H groups in total. The zero-order valence-corrected chi connectivity index (χ0v) is 14.7. The van der Waals surface area contributed by atoms with Crippen LogP contribution in [0.4, 0.5) is 5.69 Å². The van der Waals surface area contributed by atoms with Gasteiger partial charge >= 0.3 is 5.97 Å². The molecule has 1 aromatic carbocycles. The Kier molecular flexibility index (Phi) is 5.51. The Hall–Kier alpha value is -3.20. The van der Waals surface area contributed by atoms with Gasteiger partial charge in [0.2, 0.25) is 17.3 Å². The highest BCUT2D eigenvalue weighted by Crippen LogP contribution is 2.31. The van der Waals surface area contributed by atoms with Crippen molar-refractivity contribution in [1.82, 2.24) is 5.16 Å². The minimum absolute atomic E-state index is 0.0360. The quantitative estimate of drug-likeness (QED) is 0.696. The Balaban J connectivity index is 1.78. The lowest BCUT2D eigenvalue weighted by Crippen LogP contribution is -2.20. The molecule has 138 valence electrons. The van der Waals surface area contributed by atoms with Crippen LogP contribution in [0.3, 0.4) is 0 Å². The average Bonchev–Trinajstić information content (AvgIpc) is 3.09. The zero-order valence-electron chi connectivity index (χ0n) is 13.9. The van der Waals surface area contributed by atoms with E-state index in [0.29, 0.717) is 17.9 Å². The highest BCUT2D eigenvalue weighted by atomic mass is 32.2. The molecular formula is C18H14N2O6S. The summed E-state index contributed by atoms with van der Waals surface area (Å²) in [6.45, 7) is 0. The molecule has 0 fully saturated rings. The van der Waals surface area contributed by atoms with Gasteiger partial charge in [-0.3, -0.25) is 19.2 Å². The number of allylic oxidation sites excluding steroid dienone is 2. The molecule has 0 aliphatic heterocycles. The molecule has 2 aromatic rings. The van der Waals surface area contributed by atoms with Crippen molar-refractivity contribution in [3.05, 3.63) is 58.3 Å². The number of carbonyl (C=O) groups is 4. The first-order valence-corrected chi connectivity index (χ1v) is 8.97.